The molecule has 2 atom stereocenters. The summed E-state index contributed by atoms with van der Waals surface area (Å²) >= 11 is 0. The highest BCUT2D eigenvalue weighted by Crippen LogP contribution is 2.17. The normalized spacial score (nSPS) is 13.2. The van der Waals surface area contributed by atoms with Gasteiger partial charge in [-0.2, -0.15) is 0 Å². The van der Waals surface area contributed by atoms with E-state index in [1.165, 1.54) is 148 Å². The summed E-state index contributed by atoms with van der Waals surface area (Å²) in [7, 11) is 0. The van der Waals surface area contributed by atoms with E-state index in [9.17, 15) is 4.79 Å². The van der Waals surface area contributed by atoms with Gasteiger partial charge in [-0.1, -0.05) is 162 Å². The fourth-order valence-corrected chi connectivity index (χ4v) is 4.88. The molecule has 0 bridgehead atoms. The number of carbonyl (C=O) groups is 1. The molecule has 0 amide bonds. The van der Waals surface area contributed by atoms with E-state index in [2.05, 4.69) is 20.8 Å². The molecule has 0 fully saturated rings. The second-order valence-corrected chi connectivity index (χ2v) is 11.2. The molecule has 2 unspecified atom stereocenters. The molecule has 0 aromatic rings. The summed E-state index contributed by atoms with van der Waals surface area (Å²) in [6, 6.07) is 0. The number of ether oxygens (including phenoxy) is 1. The van der Waals surface area contributed by atoms with E-state index in [0.717, 1.165) is 12.8 Å². The number of esters is 1. The highest BCUT2D eigenvalue weighted by Gasteiger charge is 2.16. The summed E-state index contributed by atoms with van der Waals surface area (Å²) in [5, 5.41) is 0. The van der Waals surface area contributed by atoms with Crippen LogP contribution in [0.1, 0.15) is 188 Å². The molecule has 2 nitrogen and oxygen atoms in total. The first-order valence-electron chi connectivity index (χ1n) is 15.8. The Hall–Kier alpha value is -0.530. The Balaban J connectivity index is 3.42. The average Bonchev–Trinajstić information content (AvgIpc) is 2.83. The lowest BCUT2D eigenvalue weighted by atomic mass is 10.0. The first-order valence-corrected chi connectivity index (χ1v) is 15.8. The number of hydrogen-bond acceptors (Lipinski definition) is 2. The molecule has 2 heteroatoms. The Morgan fingerprint density at radius 2 is 0.765 bits per heavy atom. The van der Waals surface area contributed by atoms with Gasteiger partial charge >= 0.3 is 5.97 Å². The third-order valence-corrected chi connectivity index (χ3v) is 7.42. The van der Waals surface area contributed by atoms with E-state index >= 15 is 0 Å². The Morgan fingerprint density at radius 1 is 0.471 bits per heavy atom. The Kier molecular flexibility index (Phi) is 26.6. The second kappa shape index (κ2) is 27.1. The minimum absolute atomic E-state index is 0.0254. The van der Waals surface area contributed by atoms with E-state index in [-0.39, 0.29) is 18.0 Å². The molecule has 0 N–H and O–H groups in total. The van der Waals surface area contributed by atoms with Gasteiger partial charge in [0.2, 0.25) is 0 Å². The van der Waals surface area contributed by atoms with Crippen molar-refractivity contribution in [3.8, 4) is 0 Å². The molecule has 0 aliphatic heterocycles. The summed E-state index contributed by atoms with van der Waals surface area (Å²) in [5.41, 5.74) is 0. The van der Waals surface area contributed by atoms with Crippen LogP contribution in [0.15, 0.2) is 0 Å². The van der Waals surface area contributed by atoms with Gasteiger partial charge in [0, 0.05) is 0 Å². The van der Waals surface area contributed by atoms with Crippen LogP contribution in [0.4, 0.5) is 0 Å². The van der Waals surface area contributed by atoms with Gasteiger partial charge in [0.15, 0.2) is 0 Å². The van der Waals surface area contributed by atoms with Crippen LogP contribution in [0.3, 0.4) is 0 Å². The summed E-state index contributed by atoms with van der Waals surface area (Å²) in [5.74, 6) is 0.0840. The van der Waals surface area contributed by atoms with Crippen LogP contribution in [0, 0.1) is 5.92 Å². The number of unbranched alkanes of at least 4 members (excludes halogenated alkanes) is 21. The van der Waals surface area contributed by atoms with E-state index in [4.69, 9.17) is 4.74 Å². The van der Waals surface area contributed by atoms with Crippen LogP contribution in [0.5, 0.6) is 0 Å². The van der Waals surface area contributed by atoms with Crippen molar-refractivity contribution in [2.24, 2.45) is 5.92 Å². The highest BCUT2D eigenvalue weighted by atomic mass is 16.5. The zero-order valence-corrected chi connectivity index (χ0v) is 24.1. The third kappa shape index (κ3) is 24.6. The van der Waals surface area contributed by atoms with Crippen LogP contribution in [0.25, 0.3) is 0 Å². The molecule has 0 spiro atoms. The van der Waals surface area contributed by atoms with Gasteiger partial charge in [-0.15, -0.1) is 0 Å². The molecular formula is C32H64O2. The van der Waals surface area contributed by atoms with Crippen molar-refractivity contribution in [2.45, 2.75) is 194 Å². The molecule has 204 valence electrons. The molecule has 34 heavy (non-hydrogen) atoms. The lowest BCUT2D eigenvalue weighted by Gasteiger charge is -2.17. The van der Waals surface area contributed by atoms with E-state index in [1.807, 2.05) is 6.92 Å². The van der Waals surface area contributed by atoms with Crippen molar-refractivity contribution in [1.82, 2.24) is 0 Å². The predicted octanol–water partition coefficient (Wildman–Crippen LogP) is 11.3. The zero-order valence-electron chi connectivity index (χ0n) is 24.1. The van der Waals surface area contributed by atoms with Crippen molar-refractivity contribution in [1.29, 1.82) is 0 Å². The summed E-state index contributed by atoms with van der Waals surface area (Å²) in [4.78, 5) is 12.3. The first-order chi connectivity index (χ1) is 16.6. The van der Waals surface area contributed by atoms with Crippen molar-refractivity contribution in [2.75, 3.05) is 0 Å². The number of rotatable bonds is 27. The lowest BCUT2D eigenvalue weighted by molar-refractivity contribution is -0.153. The minimum atomic E-state index is 0.0254. The first kappa shape index (κ1) is 33.5. The molecule has 0 aliphatic rings. The lowest BCUT2D eigenvalue weighted by Crippen LogP contribution is -2.20. The second-order valence-electron chi connectivity index (χ2n) is 11.2. The maximum absolute atomic E-state index is 12.3. The molecule has 0 radical (unpaired) electrons. The largest absolute Gasteiger partial charge is 0.462 e. The monoisotopic (exact) mass is 480 g/mol. The Bertz CT molecular complexity index is 406. The van der Waals surface area contributed by atoms with Crippen LogP contribution in [0.2, 0.25) is 0 Å². The van der Waals surface area contributed by atoms with Gasteiger partial charge in [0.1, 0.15) is 0 Å². The van der Waals surface area contributed by atoms with E-state index in [1.54, 1.807) is 0 Å². The maximum Gasteiger partial charge on any atom is 0.308 e. The van der Waals surface area contributed by atoms with Crippen LogP contribution < -0.4 is 0 Å². The smallest absolute Gasteiger partial charge is 0.308 e. The zero-order chi connectivity index (χ0) is 25.1. The van der Waals surface area contributed by atoms with Gasteiger partial charge in [0.05, 0.1) is 12.0 Å². The number of carbonyl (C=O) groups excluding carboxylic acids is 1. The maximum atomic E-state index is 12.3. The molecular weight excluding hydrogens is 416 g/mol. The SMILES string of the molecule is CCCCCCCCCCCCCCCCC(C)OC(=O)C(C)CCCCCCCCCCC. The van der Waals surface area contributed by atoms with Crippen LogP contribution in [-0.4, -0.2) is 12.1 Å². The molecule has 0 saturated heterocycles. The predicted molar refractivity (Wildman–Crippen MR) is 151 cm³/mol. The topological polar surface area (TPSA) is 26.3 Å². The molecule has 0 saturated carbocycles. The van der Waals surface area contributed by atoms with Gasteiger partial charge in [-0.3, -0.25) is 4.79 Å². The quantitative estimate of drug-likeness (QED) is 0.0862. The summed E-state index contributed by atoms with van der Waals surface area (Å²) in [6.07, 6.45) is 33.5. The van der Waals surface area contributed by atoms with Crippen molar-refractivity contribution < 1.29 is 9.53 Å². The molecule has 0 aromatic carbocycles. The Morgan fingerprint density at radius 3 is 1.12 bits per heavy atom. The van der Waals surface area contributed by atoms with Crippen LogP contribution >= 0.6 is 0 Å². The van der Waals surface area contributed by atoms with Gasteiger partial charge in [-0.05, 0) is 26.2 Å². The fourth-order valence-electron chi connectivity index (χ4n) is 4.88. The Labute approximate surface area is 215 Å². The van der Waals surface area contributed by atoms with Gasteiger partial charge in [0.25, 0.3) is 0 Å². The summed E-state index contributed by atoms with van der Waals surface area (Å²) < 4.78 is 5.72. The van der Waals surface area contributed by atoms with E-state index < -0.39 is 0 Å². The van der Waals surface area contributed by atoms with Crippen LogP contribution in [-0.2, 0) is 9.53 Å². The fraction of sp³-hybridized carbons (Fsp3) is 0.969. The molecule has 0 heterocycles. The summed E-state index contributed by atoms with van der Waals surface area (Å²) in [6.45, 7) is 8.68. The molecule has 0 aliphatic carbocycles. The minimum Gasteiger partial charge on any atom is -0.462 e. The standard InChI is InChI=1S/C32H64O2/c1-5-7-9-11-13-15-16-17-18-19-21-23-25-27-29-31(4)34-32(33)30(3)28-26-24-22-20-14-12-10-8-6-2/h30-31H,5-29H2,1-4H3. The van der Waals surface area contributed by atoms with Gasteiger partial charge in [-0.25, -0.2) is 0 Å². The van der Waals surface area contributed by atoms with E-state index in [0.29, 0.717) is 0 Å². The van der Waals surface area contributed by atoms with Gasteiger partial charge < -0.3 is 4.74 Å². The number of hydrogen-bond donors (Lipinski definition) is 0. The third-order valence-electron chi connectivity index (χ3n) is 7.42. The van der Waals surface area contributed by atoms with Crippen molar-refractivity contribution in [3.63, 3.8) is 0 Å². The molecule has 0 aromatic heterocycles. The van der Waals surface area contributed by atoms with Crippen molar-refractivity contribution >= 4 is 5.97 Å². The average molecular weight is 481 g/mol. The highest BCUT2D eigenvalue weighted by molar-refractivity contribution is 5.72. The van der Waals surface area contributed by atoms with Crippen molar-refractivity contribution in [3.05, 3.63) is 0 Å². The molecule has 0 rings (SSSR count).